The third kappa shape index (κ3) is 5.62. The summed E-state index contributed by atoms with van der Waals surface area (Å²) in [5.41, 5.74) is 3.96. The van der Waals surface area contributed by atoms with E-state index in [2.05, 4.69) is 48.0 Å². The van der Waals surface area contributed by atoms with Crippen LogP contribution in [0.4, 0.5) is 11.4 Å². The summed E-state index contributed by atoms with van der Waals surface area (Å²) in [7, 11) is 0. The fraction of sp³-hybridized carbons (Fsp3) is 0.375. The third-order valence-corrected chi connectivity index (χ3v) is 5.72. The molecular weight excluding hydrogens is 382 g/mol. The van der Waals surface area contributed by atoms with Crippen LogP contribution in [0.1, 0.15) is 37.8 Å². The van der Waals surface area contributed by atoms with Crippen molar-refractivity contribution < 1.29 is 4.79 Å². The van der Waals surface area contributed by atoms with Gasteiger partial charge in [0, 0.05) is 32.3 Å². The van der Waals surface area contributed by atoms with Crippen molar-refractivity contribution in [2.75, 3.05) is 42.9 Å². The maximum atomic E-state index is 12.5. The molecule has 1 aliphatic heterocycles. The quantitative estimate of drug-likeness (QED) is 0.659. The van der Waals surface area contributed by atoms with Crippen LogP contribution in [0.2, 0.25) is 5.02 Å². The Kier molecular flexibility index (Phi) is 7.34. The van der Waals surface area contributed by atoms with Crippen molar-refractivity contribution in [3.8, 4) is 0 Å². The number of halogens is 1. The van der Waals surface area contributed by atoms with Crippen LogP contribution < -0.4 is 10.2 Å². The van der Waals surface area contributed by atoms with E-state index >= 15 is 0 Å². The molecule has 0 unspecified atom stereocenters. The van der Waals surface area contributed by atoms with Crippen molar-refractivity contribution in [1.82, 2.24) is 4.90 Å². The summed E-state index contributed by atoms with van der Waals surface area (Å²) in [4.78, 5) is 17.2. The zero-order chi connectivity index (χ0) is 20.8. The zero-order valence-electron chi connectivity index (χ0n) is 17.5. The summed E-state index contributed by atoms with van der Waals surface area (Å²) >= 11 is 6.51. The summed E-state index contributed by atoms with van der Waals surface area (Å²) in [5, 5.41) is 3.68. The van der Waals surface area contributed by atoms with Crippen LogP contribution in [0, 0.1) is 0 Å². The van der Waals surface area contributed by atoms with E-state index in [1.807, 2.05) is 36.4 Å². The van der Waals surface area contributed by atoms with Gasteiger partial charge in [-0.2, -0.15) is 0 Å². The van der Waals surface area contributed by atoms with E-state index in [1.54, 1.807) is 6.08 Å². The standard InChI is InChI=1S/C24H30ClN3O/c1-4-27-14-16-28(17-15-27)24-21(25)6-5-7-22(24)26-23(29)13-10-19-8-11-20(12-9-19)18(2)3/h5-13,18H,4,14-17H2,1-3H3,(H,26,29). The predicted octanol–water partition coefficient (Wildman–Crippen LogP) is 5.26. The lowest BCUT2D eigenvalue weighted by Gasteiger charge is -2.36. The van der Waals surface area contributed by atoms with Gasteiger partial charge in [0.05, 0.1) is 16.4 Å². The molecule has 1 aliphatic rings. The maximum absolute atomic E-state index is 12.5. The highest BCUT2D eigenvalue weighted by Gasteiger charge is 2.21. The molecule has 1 N–H and O–H groups in total. The van der Waals surface area contributed by atoms with Crippen LogP contribution >= 0.6 is 11.6 Å². The molecular formula is C24H30ClN3O. The minimum atomic E-state index is -0.159. The van der Waals surface area contributed by atoms with Gasteiger partial charge in [0.25, 0.3) is 0 Å². The van der Waals surface area contributed by atoms with Crippen molar-refractivity contribution in [3.63, 3.8) is 0 Å². The van der Waals surface area contributed by atoms with E-state index < -0.39 is 0 Å². The Hall–Kier alpha value is -2.30. The number of hydrogen-bond donors (Lipinski definition) is 1. The highest BCUT2D eigenvalue weighted by Crippen LogP contribution is 2.34. The molecule has 0 saturated carbocycles. The van der Waals surface area contributed by atoms with Crippen LogP contribution in [0.5, 0.6) is 0 Å². The molecule has 0 radical (unpaired) electrons. The van der Waals surface area contributed by atoms with E-state index in [4.69, 9.17) is 11.6 Å². The van der Waals surface area contributed by atoms with Gasteiger partial charge in [-0.15, -0.1) is 0 Å². The van der Waals surface area contributed by atoms with Crippen LogP contribution in [0.3, 0.4) is 0 Å². The van der Waals surface area contributed by atoms with Crippen molar-refractivity contribution in [2.24, 2.45) is 0 Å². The molecule has 0 atom stereocenters. The van der Waals surface area contributed by atoms with E-state index in [-0.39, 0.29) is 5.91 Å². The maximum Gasteiger partial charge on any atom is 0.248 e. The predicted molar refractivity (Wildman–Crippen MR) is 124 cm³/mol. The molecule has 1 saturated heterocycles. The minimum absolute atomic E-state index is 0.159. The normalized spacial score (nSPS) is 15.3. The lowest BCUT2D eigenvalue weighted by Crippen LogP contribution is -2.46. The van der Waals surface area contributed by atoms with Crippen LogP contribution in [0.15, 0.2) is 48.5 Å². The molecule has 154 valence electrons. The second kappa shape index (κ2) is 9.95. The zero-order valence-corrected chi connectivity index (χ0v) is 18.2. The molecule has 2 aromatic carbocycles. The topological polar surface area (TPSA) is 35.6 Å². The Morgan fingerprint density at radius 2 is 1.79 bits per heavy atom. The smallest absolute Gasteiger partial charge is 0.248 e. The Balaban J connectivity index is 1.69. The van der Waals surface area contributed by atoms with E-state index in [0.29, 0.717) is 10.9 Å². The van der Waals surface area contributed by atoms with Gasteiger partial charge in [-0.05, 0) is 41.8 Å². The van der Waals surface area contributed by atoms with Gasteiger partial charge in [-0.25, -0.2) is 0 Å². The summed E-state index contributed by atoms with van der Waals surface area (Å²) in [5.74, 6) is 0.338. The van der Waals surface area contributed by atoms with Crippen molar-refractivity contribution in [2.45, 2.75) is 26.7 Å². The lowest BCUT2D eigenvalue weighted by atomic mass is 10.0. The minimum Gasteiger partial charge on any atom is -0.366 e. The SMILES string of the molecule is CCN1CCN(c2c(Cl)cccc2NC(=O)C=Cc2ccc(C(C)C)cc2)CC1. The number of nitrogens with zero attached hydrogens (tertiary/aromatic N) is 2. The van der Waals surface area contributed by atoms with Crippen molar-refractivity contribution in [1.29, 1.82) is 0 Å². The summed E-state index contributed by atoms with van der Waals surface area (Å²) < 4.78 is 0. The fourth-order valence-electron chi connectivity index (χ4n) is 3.56. The average Bonchev–Trinajstić information content (AvgIpc) is 2.73. The van der Waals surface area contributed by atoms with Gasteiger partial charge in [-0.1, -0.05) is 62.7 Å². The number of amides is 1. The first-order valence-corrected chi connectivity index (χ1v) is 10.7. The van der Waals surface area contributed by atoms with Gasteiger partial charge in [0.1, 0.15) is 0 Å². The van der Waals surface area contributed by atoms with E-state index in [9.17, 15) is 4.79 Å². The number of carbonyl (C=O) groups excluding carboxylic acids is 1. The molecule has 0 aliphatic carbocycles. The molecule has 29 heavy (non-hydrogen) atoms. The molecule has 0 spiro atoms. The van der Waals surface area contributed by atoms with Crippen molar-refractivity contribution >= 4 is 35.0 Å². The van der Waals surface area contributed by atoms with Gasteiger partial charge in [0.2, 0.25) is 5.91 Å². The molecule has 1 fully saturated rings. The fourth-order valence-corrected chi connectivity index (χ4v) is 3.86. The number of anilines is 2. The van der Waals surface area contributed by atoms with Crippen molar-refractivity contribution in [3.05, 3.63) is 64.7 Å². The first-order valence-electron chi connectivity index (χ1n) is 10.3. The number of hydrogen-bond acceptors (Lipinski definition) is 3. The van der Waals surface area contributed by atoms with Gasteiger partial charge >= 0.3 is 0 Å². The van der Waals surface area contributed by atoms with E-state index in [0.717, 1.165) is 49.7 Å². The third-order valence-electron chi connectivity index (χ3n) is 5.41. The Bertz CT molecular complexity index is 853. The molecule has 1 heterocycles. The average molecular weight is 412 g/mol. The van der Waals surface area contributed by atoms with Gasteiger partial charge in [0.15, 0.2) is 0 Å². The summed E-state index contributed by atoms with van der Waals surface area (Å²) in [6.45, 7) is 11.4. The first kappa shape index (κ1) is 21.4. The number of carbonyl (C=O) groups is 1. The number of rotatable bonds is 6. The summed E-state index contributed by atoms with van der Waals surface area (Å²) in [6.07, 6.45) is 3.41. The number of nitrogens with one attached hydrogen (secondary N) is 1. The van der Waals surface area contributed by atoms with Crippen LogP contribution in [0.25, 0.3) is 6.08 Å². The van der Waals surface area contributed by atoms with Crippen LogP contribution in [-0.4, -0.2) is 43.5 Å². The second-order valence-corrected chi connectivity index (χ2v) is 8.11. The monoisotopic (exact) mass is 411 g/mol. The van der Waals surface area contributed by atoms with Crippen LogP contribution in [-0.2, 0) is 4.79 Å². The largest absolute Gasteiger partial charge is 0.366 e. The second-order valence-electron chi connectivity index (χ2n) is 7.70. The number of benzene rings is 2. The highest BCUT2D eigenvalue weighted by atomic mass is 35.5. The van der Waals surface area contributed by atoms with Gasteiger partial charge in [-0.3, -0.25) is 4.79 Å². The molecule has 5 heteroatoms. The highest BCUT2D eigenvalue weighted by molar-refractivity contribution is 6.34. The molecule has 1 amide bonds. The molecule has 3 rings (SSSR count). The number of para-hydroxylation sites is 1. The Morgan fingerprint density at radius 3 is 2.41 bits per heavy atom. The Morgan fingerprint density at radius 1 is 1.10 bits per heavy atom. The molecule has 2 aromatic rings. The molecule has 0 bridgehead atoms. The lowest BCUT2D eigenvalue weighted by molar-refractivity contribution is -0.111. The summed E-state index contributed by atoms with van der Waals surface area (Å²) in [6, 6.07) is 14.0. The van der Waals surface area contributed by atoms with E-state index in [1.165, 1.54) is 5.56 Å². The Labute approximate surface area is 179 Å². The number of likely N-dealkylation sites (N-methyl/N-ethyl adjacent to an activating group) is 1. The molecule has 0 aromatic heterocycles. The van der Waals surface area contributed by atoms with Gasteiger partial charge < -0.3 is 15.1 Å². The molecule has 4 nitrogen and oxygen atoms in total. The first-order chi connectivity index (χ1) is 14.0. The number of piperazine rings is 1.